The van der Waals surface area contributed by atoms with Gasteiger partial charge >= 0.3 is 0 Å². The monoisotopic (exact) mass is 484 g/mol. The Morgan fingerprint density at radius 2 is 2.06 bits per heavy atom. The molecule has 0 radical (unpaired) electrons. The zero-order chi connectivity index (χ0) is 23.0. The van der Waals surface area contributed by atoms with Crippen molar-refractivity contribution in [3.8, 4) is 5.75 Å². The maximum atomic E-state index is 11.8. The Kier molecular flexibility index (Phi) is 6.84. The van der Waals surface area contributed by atoms with Crippen LogP contribution in [0.25, 0.3) is 0 Å². The van der Waals surface area contributed by atoms with E-state index in [4.69, 9.17) is 33.3 Å². The number of nitrogens with zero attached hydrogens (tertiary/aromatic N) is 3. The maximum Gasteiger partial charge on any atom is 0.217 e. The Labute approximate surface area is 194 Å². The normalized spacial score (nSPS) is 27.8. The van der Waals surface area contributed by atoms with Gasteiger partial charge < -0.3 is 30.1 Å². The van der Waals surface area contributed by atoms with Gasteiger partial charge in [0.1, 0.15) is 36.7 Å². The van der Waals surface area contributed by atoms with Crippen molar-refractivity contribution in [1.82, 2.24) is 19.7 Å². The zero-order valence-corrected chi connectivity index (χ0v) is 18.9. The fraction of sp³-hybridized carbons (Fsp3) is 0.550. The first kappa shape index (κ1) is 23.1. The molecule has 1 saturated carbocycles. The lowest BCUT2D eigenvalue weighted by atomic mass is 9.96. The molecule has 1 aromatic heterocycles. The highest BCUT2D eigenvalue weighted by atomic mass is 35.5. The van der Waals surface area contributed by atoms with Gasteiger partial charge in [-0.25, -0.2) is 4.68 Å². The van der Waals surface area contributed by atoms with Crippen LogP contribution in [0.1, 0.15) is 37.9 Å². The van der Waals surface area contributed by atoms with E-state index in [2.05, 4.69) is 10.4 Å². The van der Waals surface area contributed by atoms with E-state index < -0.39 is 43.1 Å². The van der Waals surface area contributed by atoms with Gasteiger partial charge in [0.05, 0.1) is 11.6 Å². The van der Waals surface area contributed by atoms with Crippen LogP contribution in [0.15, 0.2) is 24.3 Å². The second-order valence-corrected chi connectivity index (χ2v) is 8.69. The Bertz CT molecular complexity index is 1040. The van der Waals surface area contributed by atoms with Crippen molar-refractivity contribution >= 4 is 29.7 Å². The second kappa shape index (κ2) is 9.46. The van der Waals surface area contributed by atoms with Crippen molar-refractivity contribution in [3.63, 3.8) is 0 Å². The summed E-state index contributed by atoms with van der Waals surface area (Å²) >= 11 is 11.8. The van der Waals surface area contributed by atoms with Crippen molar-refractivity contribution in [2.24, 2.45) is 0 Å². The fourth-order valence-electron chi connectivity index (χ4n) is 3.80. The van der Waals surface area contributed by atoms with Crippen molar-refractivity contribution < 1.29 is 29.6 Å². The van der Waals surface area contributed by atoms with Crippen LogP contribution in [0, 0.1) is 4.77 Å². The topological polar surface area (TPSA) is 131 Å². The molecule has 0 unspecified atom stereocenters. The van der Waals surface area contributed by atoms with E-state index in [0.717, 1.165) is 12.8 Å². The number of aliphatic hydroxyl groups is 3. The zero-order valence-electron chi connectivity index (χ0n) is 17.3. The Morgan fingerprint density at radius 3 is 2.69 bits per heavy atom. The minimum Gasteiger partial charge on any atom is -0.484 e. The average molecular weight is 485 g/mol. The summed E-state index contributed by atoms with van der Waals surface area (Å²) in [5, 5.41) is 38.1. The number of carbonyl (C=O) groups excluding carboxylic acids is 1. The van der Waals surface area contributed by atoms with Crippen molar-refractivity contribution in [1.29, 1.82) is 0 Å². The Morgan fingerprint density at radius 1 is 1.34 bits per heavy atom. The number of hydrogen-bond donors (Lipinski definition) is 4. The van der Waals surface area contributed by atoms with Crippen LogP contribution in [0.4, 0.5) is 0 Å². The quantitative estimate of drug-likeness (QED) is 0.430. The maximum absolute atomic E-state index is 11.8. The molecule has 4 rings (SSSR count). The third-order valence-corrected chi connectivity index (χ3v) is 6.22. The number of halogens is 1. The summed E-state index contributed by atoms with van der Waals surface area (Å²) in [7, 11) is 0. The molecule has 12 heteroatoms. The van der Waals surface area contributed by atoms with Crippen molar-refractivity contribution in [3.05, 3.63) is 39.9 Å². The molecule has 2 aromatic rings. The molecule has 4 N–H and O–H groups in total. The molecule has 10 nitrogen and oxygen atoms in total. The molecule has 2 fully saturated rings. The molecule has 1 aliphatic heterocycles. The van der Waals surface area contributed by atoms with Crippen LogP contribution in [0.3, 0.4) is 0 Å². The summed E-state index contributed by atoms with van der Waals surface area (Å²) in [6, 6.07) is 6.21. The van der Waals surface area contributed by atoms with Gasteiger partial charge in [-0.05, 0) is 37.2 Å². The highest BCUT2D eigenvalue weighted by Gasteiger charge is 2.47. The number of carbonyl (C=O) groups is 1. The summed E-state index contributed by atoms with van der Waals surface area (Å²) < 4.78 is 15.3. The minimum absolute atomic E-state index is 0.0863. The third kappa shape index (κ3) is 4.54. The summed E-state index contributed by atoms with van der Waals surface area (Å²) in [5.41, 5.74) is 0. The summed E-state index contributed by atoms with van der Waals surface area (Å²) in [4.78, 5) is 11.8. The van der Waals surface area contributed by atoms with Gasteiger partial charge in [-0.15, -0.1) is 0 Å². The minimum atomic E-state index is -1.40. The van der Waals surface area contributed by atoms with E-state index in [-0.39, 0.29) is 12.6 Å². The second-order valence-electron chi connectivity index (χ2n) is 7.92. The standard InChI is InChI=1S/C20H25ClN4O6S/c1-10(27)22-16-18(29)17(28)14(8-26)31-19(16)25-20(32)24(11-6-7-11)15(23-25)9-30-13-5-3-2-4-12(13)21/h2-5,11,14,16-19,26,28-29H,6-9H2,1H3,(H,22,27)/t14-,16-,17-,18-,19-/m1/s1. The molecule has 1 amide bonds. The molecule has 0 spiro atoms. The van der Waals surface area contributed by atoms with Gasteiger partial charge in [-0.3, -0.25) is 9.36 Å². The number of para-hydroxylation sites is 1. The smallest absolute Gasteiger partial charge is 0.217 e. The number of benzene rings is 1. The fourth-order valence-corrected chi connectivity index (χ4v) is 4.39. The first-order chi connectivity index (χ1) is 15.3. The van der Waals surface area contributed by atoms with Gasteiger partial charge in [-0.1, -0.05) is 23.7 Å². The van der Waals surface area contributed by atoms with E-state index in [9.17, 15) is 20.1 Å². The molecule has 1 aromatic carbocycles. The SMILES string of the molecule is CC(=O)N[C@@H]1[C@@H](O)[C@H](O)[C@@H](CO)O[C@H]1n1nc(COc2ccccc2Cl)n(C2CC2)c1=S. The first-order valence-electron chi connectivity index (χ1n) is 10.3. The van der Waals surface area contributed by atoms with Crippen LogP contribution in [-0.4, -0.2) is 66.5 Å². The molecule has 174 valence electrons. The first-order valence-corrected chi connectivity index (χ1v) is 11.1. The molecule has 32 heavy (non-hydrogen) atoms. The molecular formula is C20H25ClN4O6S. The lowest BCUT2D eigenvalue weighted by Gasteiger charge is -2.42. The van der Waals surface area contributed by atoms with Gasteiger partial charge in [0.2, 0.25) is 10.7 Å². The third-order valence-electron chi connectivity index (χ3n) is 5.52. The van der Waals surface area contributed by atoms with Crippen LogP contribution in [0.5, 0.6) is 5.75 Å². The number of ether oxygens (including phenoxy) is 2. The summed E-state index contributed by atoms with van der Waals surface area (Å²) in [6.45, 7) is 0.850. The molecule has 2 aliphatic rings. The summed E-state index contributed by atoms with van der Waals surface area (Å²) in [5.74, 6) is 0.609. The van der Waals surface area contributed by atoms with E-state index >= 15 is 0 Å². The molecule has 1 aliphatic carbocycles. The van der Waals surface area contributed by atoms with E-state index in [1.54, 1.807) is 18.2 Å². The number of nitrogens with one attached hydrogen (secondary N) is 1. The van der Waals surface area contributed by atoms with Gasteiger partial charge in [0, 0.05) is 13.0 Å². The molecule has 5 atom stereocenters. The lowest BCUT2D eigenvalue weighted by molar-refractivity contribution is -0.219. The highest BCUT2D eigenvalue weighted by molar-refractivity contribution is 7.71. The number of aliphatic hydroxyl groups excluding tert-OH is 3. The number of aromatic nitrogens is 3. The molecule has 2 heterocycles. The van der Waals surface area contributed by atoms with E-state index in [0.29, 0.717) is 21.4 Å². The van der Waals surface area contributed by atoms with Gasteiger partial charge in [0.25, 0.3) is 0 Å². The predicted octanol–water partition coefficient (Wildman–Crippen LogP) is 1.10. The van der Waals surface area contributed by atoms with Gasteiger partial charge in [0.15, 0.2) is 12.1 Å². The van der Waals surface area contributed by atoms with Crippen molar-refractivity contribution in [2.45, 2.75) is 63.0 Å². The van der Waals surface area contributed by atoms with Crippen LogP contribution < -0.4 is 10.1 Å². The molecular weight excluding hydrogens is 460 g/mol. The molecule has 0 bridgehead atoms. The highest BCUT2D eigenvalue weighted by Crippen LogP contribution is 2.38. The summed E-state index contributed by atoms with van der Waals surface area (Å²) in [6.07, 6.45) is -3.04. The van der Waals surface area contributed by atoms with Gasteiger partial charge in [-0.2, -0.15) is 5.10 Å². The number of hydrogen-bond acceptors (Lipinski definition) is 8. The van der Waals surface area contributed by atoms with E-state index in [1.807, 2.05) is 10.6 Å². The van der Waals surface area contributed by atoms with Crippen LogP contribution in [0.2, 0.25) is 5.02 Å². The predicted molar refractivity (Wildman–Crippen MR) is 116 cm³/mol. The van der Waals surface area contributed by atoms with Crippen LogP contribution in [-0.2, 0) is 16.1 Å². The van der Waals surface area contributed by atoms with E-state index in [1.165, 1.54) is 11.6 Å². The van der Waals surface area contributed by atoms with Crippen molar-refractivity contribution in [2.75, 3.05) is 6.61 Å². The number of rotatable bonds is 7. The van der Waals surface area contributed by atoms with Crippen LogP contribution >= 0.6 is 23.8 Å². The Balaban J connectivity index is 1.68. The Hall–Kier alpha value is -2.02. The number of amides is 1. The lowest BCUT2D eigenvalue weighted by Crippen LogP contribution is -2.62. The molecule has 1 saturated heterocycles. The largest absolute Gasteiger partial charge is 0.484 e. The average Bonchev–Trinajstić information content (AvgIpc) is 3.54.